The zero-order valence-corrected chi connectivity index (χ0v) is 22.1. The van der Waals surface area contributed by atoms with E-state index < -0.39 is 12.5 Å². The minimum Gasteiger partial charge on any atom is -0.493 e. The Bertz CT molecular complexity index is 1250. The van der Waals surface area contributed by atoms with E-state index in [-0.39, 0.29) is 36.8 Å². The largest absolute Gasteiger partial charge is 0.493 e. The van der Waals surface area contributed by atoms with E-state index in [1.165, 1.54) is 4.68 Å². The molecule has 2 aliphatic heterocycles. The molecule has 5 rings (SSSR count). The van der Waals surface area contributed by atoms with Gasteiger partial charge in [0.15, 0.2) is 11.5 Å². The molecule has 0 bridgehead atoms. The number of amides is 1. The molecule has 11 heteroatoms. The fourth-order valence-electron chi connectivity index (χ4n) is 5.01. The van der Waals surface area contributed by atoms with Crippen molar-refractivity contribution in [1.29, 1.82) is 0 Å². The zero-order chi connectivity index (χ0) is 25.9. The lowest BCUT2D eigenvalue weighted by Crippen LogP contribution is -2.45. The lowest BCUT2D eigenvalue weighted by molar-refractivity contribution is 0.0659. The van der Waals surface area contributed by atoms with Crippen molar-refractivity contribution >= 4 is 24.1 Å². The number of rotatable bonds is 7. The Balaban J connectivity index is 0.00000336. The maximum absolute atomic E-state index is 14.1. The average molecular weight is 548 g/mol. The number of halogens is 3. The normalized spacial score (nSPS) is 20.6. The highest BCUT2D eigenvalue weighted by Gasteiger charge is 2.35. The molecule has 3 heterocycles. The van der Waals surface area contributed by atoms with Gasteiger partial charge in [0.2, 0.25) is 0 Å². The molecule has 3 aromatic rings. The van der Waals surface area contributed by atoms with Gasteiger partial charge >= 0.3 is 0 Å². The fraction of sp³-hybridized carbons (Fsp3) is 0.407. The Kier molecular flexibility index (Phi) is 8.73. The zero-order valence-electron chi connectivity index (χ0n) is 21.2. The van der Waals surface area contributed by atoms with Crippen molar-refractivity contribution in [2.75, 3.05) is 32.6 Å². The quantitative estimate of drug-likeness (QED) is 0.392. The van der Waals surface area contributed by atoms with Gasteiger partial charge in [0.1, 0.15) is 11.9 Å². The molecule has 1 aromatic heterocycles. The topological polar surface area (TPSA) is 89.4 Å². The second-order valence-electron chi connectivity index (χ2n) is 9.40. The summed E-state index contributed by atoms with van der Waals surface area (Å²) in [4.78, 5) is 12.6. The van der Waals surface area contributed by atoms with Crippen molar-refractivity contribution < 1.29 is 23.0 Å². The van der Waals surface area contributed by atoms with Crippen LogP contribution in [0.4, 0.5) is 14.6 Å². The van der Waals surface area contributed by atoms with Crippen LogP contribution in [0.15, 0.2) is 48.5 Å². The molecule has 1 fully saturated rings. The molecule has 0 spiro atoms. The van der Waals surface area contributed by atoms with Crippen molar-refractivity contribution in [3.63, 3.8) is 0 Å². The lowest BCUT2D eigenvalue weighted by Gasteiger charge is -2.32. The van der Waals surface area contributed by atoms with Gasteiger partial charge in [-0.2, -0.15) is 5.10 Å². The first-order chi connectivity index (χ1) is 18.0. The molecule has 8 nitrogen and oxygen atoms in total. The number of ether oxygens (including phenoxy) is 2. The van der Waals surface area contributed by atoms with Gasteiger partial charge in [-0.25, -0.2) is 13.5 Å². The van der Waals surface area contributed by atoms with E-state index in [4.69, 9.17) is 9.47 Å². The van der Waals surface area contributed by atoms with Crippen molar-refractivity contribution in [3.8, 4) is 22.8 Å². The van der Waals surface area contributed by atoms with Crippen molar-refractivity contribution in [3.05, 3.63) is 59.7 Å². The minimum atomic E-state index is -2.59. The number of nitrogens with zero attached hydrogens (tertiary/aromatic N) is 2. The molecule has 3 atom stereocenters. The van der Waals surface area contributed by atoms with E-state index >= 15 is 0 Å². The summed E-state index contributed by atoms with van der Waals surface area (Å²) in [6.45, 7) is 1.75. The van der Waals surface area contributed by atoms with E-state index in [0.717, 1.165) is 37.1 Å². The molecule has 1 saturated heterocycles. The SMILES string of the molecule is COc1ccc(C2CC(C(F)F)n3nc(-c4ccc(C(=O)N[C@H]5CCCNC5)cc4)cc3N2)cc1OC.Cl. The summed E-state index contributed by atoms with van der Waals surface area (Å²) < 4.78 is 40.3. The number of carbonyl (C=O) groups excluding carboxylic acids is 1. The fourth-order valence-corrected chi connectivity index (χ4v) is 5.01. The Labute approximate surface area is 226 Å². The third-order valence-corrected chi connectivity index (χ3v) is 7.02. The van der Waals surface area contributed by atoms with E-state index in [2.05, 4.69) is 21.0 Å². The monoisotopic (exact) mass is 547 g/mol. The van der Waals surface area contributed by atoms with Crippen LogP contribution in [0.2, 0.25) is 0 Å². The number of anilines is 1. The van der Waals surface area contributed by atoms with Gasteiger partial charge < -0.3 is 25.4 Å². The molecule has 0 radical (unpaired) electrons. The Morgan fingerprint density at radius 1 is 1.11 bits per heavy atom. The predicted octanol–water partition coefficient (Wildman–Crippen LogP) is 4.83. The van der Waals surface area contributed by atoms with Crippen molar-refractivity contribution in [2.24, 2.45) is 0 Å². The van der Waals surface area contributed by atoms with Crippen LogP contribution in [0.3, 0.4) is 0 Å². The number of benzene rings is 2. The molecule has 1 amide bonds. The summed E-state index contributed by atoms with van der Waals surface area (Å²) in [6, 6.07) is 13.0. The highest BCUT2D eigenvalue weighted by Crippen LogP contribution is 2.41. The molecule has 3 N–H and O–H groups in total. The molecule has 2 aliphatic rings. The number of aromatic nitrogens is 2. The number of hydrogen-bond acceptors (Lipinski definition) is 6. The molecular weight excluding hydrogens is 516 g/mol. The second-order valence-corrected chi connectivity index (χ2v) is 9.40. The number of nitrogens with one attached hydrogen (secondary N) is 3. The van der Waals surface area contributed by atoms with Crippen LogP contribution in [-0.4, -0.2) is 55.5 Å². The van der Waals surface area contributed by atoms with Crippen LogP contribution in [0.1, 0.15) is 47.3 Å². The number of piperidine rings is 1. The first-order valence-electron chi connectivity index (χ1n) is 12.4. The maximum Gasteiger partial charge on any atom is 0.260 e. The van der Waals surface area contributed by atoms with Crippen molar-refractivity contribution in [1.82, 2.24) is 20.4 Å². The summed E-state index contributed by atoms with van der Waals surface area (Å²) in [5.41, 5.74) is 2.68. The average Bonchev–Trinajstić information content (AvgIpc) is 3.37. The van der Waals surface area contributed by atoms with Crippen LogP contribution in [0.5, 0.6) is 11.5 Å². The van der Waals surface area contributed by atoms with E-state index in [1.807, 2.05) is 6.07 Å². The maximum atomic E-state index is 14.1. The van der Waals surface area contributed by atoms with Gasteiger partial charge in [0, 0.05) is 29.8 Å². The van der Waals surface area contributed by atoms with E-state index in [9.17, 15) is 13.6 Å². The van der Waals surface area contributed by atoms with Gasteiger partial charge in [0.05, 0.1) is 26.0 Å². The number of alkyl halides is 2. The number of fused-ring (bicyclic) bond motifs is 1. The van der Waals surface area contributed by atoms with E-state index in [0.29, 0.717) is 28.6 Å². The molecule has 0 saturated carbocycles. The first kappa shape index (κ1) is 27.7. The highest BCUT2D eigenvalue weighted by molar-refractivity contribution is 5.94. The summed E-state index contributed by atoms with van der Waals surface area (Å²) in [5.74, 6) is 1.51. The third kappa shape index (κ3) is 5.71. The number of methoxy groups -OCH3 is 2. The van der Waals surface area contributed by atoms with Gasteiger partial charge in [-0.05, 0) is 55.6 Å². The van der Waals surface area contributed by atoms with Gasteiger partial charge in [-0.3, -0.25) is 4.79 Å². The highest BCUT2D eigenvalue weighted by atomic mass is 35.5. The summed E-state index contributed by atoms with van der Waals surface area (Å²) in [7, 11) is 3.10. The van der Waals surface area contributed by atoms with Gasteiger partial charge in [0.25, 0.3) is 12.3 Å². The lowest BCUT2D eigenvalue weighted by atomic mass is 9.97. The molecular formula is C27H32ClF2N5O3. The van der Waals surface area contributed by atoms with Gasteiger partial charge in [-0.1, -0.05) is 18.2 Å². The standard InChI is InChI=1S/C27H31F2N5O3.ClH/c1-36-23-10-9-18(12-24(23)37-2)20-13-22(26(28)29)34-25(32-20)14-21(33-34)16-5-7-17(8-6-16)27(35)31-19-4-3-11-30-15-19;/h5-10,12,14,19-20,22,26,30,32H,3-4,11,13,15H2,1-2H3,(H,31,35);1H/t19-,20?,22?;/m0./s1. The number of carbonyl (C=O) groups is 1. The molecule has 38 heavy (non-hydrogen) atoms. The molecule has 204 valence electrons. The molecule has 2 unspecified atom stereocenters. The summed E-state index contributed by atoms with van der Waals surface area (Å²) in [5, 5.41) is 14.2. The van der Waals surface area contributed by atoms with Crippen LogP contribution < -0.4 is 25.4 Å². The van der Waals surface area contributed by atoms with E-state index in [1.54, 1.807) is 56.7 Å². The smallest absolute Gasteiger partial charge is 0.260 e. The summed E-state index contributed by atoms with van der Waals surface area (Å²) in [6.07, 6.45) is -0.428. The molecule has 0 aliphatic carbocycles. The Morgan fingerprint density at radius 3 is 2.53 bits per heavy atom. The minimum absolute atomic E-state index is 0. The summed E-state index contributed by atoms with van der Waals surface area (Å²) >= 11 is 0. The van der Waals surface area contributed by atoms with Crippen LogP contribution >= 0.6 is 12.4 Å². The second kappa shape index (κ2) is 12.0. The third-order valence-electron chi connectivity index (χ3n) is 7.02. The Morgan fingerprint density at radius 2 is 1.87 bits per heavy atom. The van der Waals surface area contributed by atoms with Crippen molar-refractivity contribution in [2.45, 2.75) is 43.8 Å². The van der Waals surface area contributed by atoms with Gasteiger partial charge in [-0.15, -0.1) is 12.4 Å². The Hall–Kier alpha value is -3.37. The predicted molar refractivity (Wildman–Crippen MR) is 144 cm³/mol. The van der Waals surface area contributed by atoms with Crippen LogP contribution in [0.25, 0.3) is 11.3 Å². The molecule has 2 aromatic carbocycles. The number of hydrogen-bond donors (Lipinski definition) is 3. The first-order valence-corrected chi connectivity index (χ1v) is 12.4. The van der Waals surface area contributed by atoms with Crippen LogP contribution in [0, 0.1) is 0 Å². The van der Waals surface area contributed by atoms with Crippen LogP contribution in [-0.2, 0) is 0 Å².